The highest BCUT2D eigenvalue weighted by Gasteiger charge is 1.97. The van der Waals surface area contributed by atoms with Crippen LogP contribution in [0.25, 0.3) is 0 Å². The quantitative estimate of drug-likeness (QED) is 0.462. The molecule has 1 nitrogen and oxygen atoms in total. The number of allylic oxidation sites excluding steroid dienone is 1. The van der Waals surface area contributed by atoms with E-state index in [-0.39, 0.29) is 6.10 Å². The van der Waals surface area contributed by atoms with Crippen molar-refractivity contribution < 1.29 is 5.11 Å². The zero-order chi connectivity index (χ0) is 8.53. The summed E-state index contributed by atoms with van der Waals surface area (Å²) in [6.45, 7) is 5.82. The monoisotopic (exact) mass is 155 g/mol. The Balaban J connectivity index is 3.21. The molecular formula is C10H19O-. The molecule has 0 heterocycles. The molecule has 0 saturated carbocycles. The second kappa shape index (κ2) is 7.80. The molecule has 0 aliphatic carbocycles. The van der Waals surface area contributed by atoms with Crippen molar-refractivity contribution in [3.05, 3.63) is 19.1 Å². The zero-order valence-electron chi connectivity index (χ0n) is 7.42. The van der Waals surface area contributed by atoms with Gasteiger partial charge in [0.1, 0.15) is 0 Å². The maximum absolute atomic E-state index is 9.33. The van der Waals surface area contributed by atoms with Gasteiger partial charge in [0, 0.05) is 0 Å². The van der Waals surface area contributed by atoms with Crippen LogP contribution in [0, 0.1) is 6.92 Å². The largest absolute Gasteiger partial charge is 0.393 e. The average molecular weight is 155 g/mol. The van der Waals surface area contributed by atoms with Crippen molar-refractivity contribution in [2.75, 3.05) is 0 Å². The van der Waals surface area contributed by atoms with Crippen LogP contribution in [-0.2, 0) is 0 Å². The second-order valence-electron chi connectivity index (χ2n) is 2.76. The smallest absolute Gasteiger partial charge is 0.0573 e. The van der Waals surface area contributed by atoms with E-state index >= 15 is 0 Å². The van der Waals surface area contributed by atoms with Crippen LogP contribution in [0.15, 0.2) is 12.2 Å². The molecule has 0 spiro atoms. The molecule has 0 aliphatic rings. The van der Waals surface area contributed by atoms with Crippen LogP contribution < -0.4 is 0 Å². The fourth-order valence-electron chi connectivity index (χ4n) is 0.918. The first-order valence-corrected chi connectivity index (χ1v) is 4.43. The molecule has 0 aromatic rings. The first-order chi connectivity index (χ1) is 5.31. The van der Waals surface area contributed by atoms with E-state index in [0.29, 0.717) is 0 Å². The Morgan fingerprint density at radius 2 is 2.18 bits per heavy atom. The highest BCUT2D eigenvalue weighted by atomic mass is 16.3. The number of hydrogen-bond donors (Lipinski definition) is 1. The van der Waals surface area contributed by atoms with Crippen LogP contribution in [0.3, 0.4) is 0 Å². The first kappa shape index (κ1) is 10.7. The molecule has 0 saturated heterocycles. The molecule has 1 N–H and O–H groups in total. The minimum Gasteiger partial charge on any atom is -0.393 e. The van der Waals surface area contributed by atoms with Gasteiger partial charge in [0.15, 0.2) is 0 Å². The van der Waals surface area contributed by atoms with Crippen LogP contribution in [0.1, 0.15) is 39.0 Å². The lowest BCUT2D eigenvalue weighted by Gasteiger charge is -2.06. The molecular weight excluding hydrogens is 136 g/mol. The Bertz CT molecular complexity index is 97.0. The summed E-state index contributed by atoms with van der Waals surface area (Å²) in [4.78, 5) is 0. The molecule has 0 aromatic carbocycles. The first-order valence-electron chi connectivity index (χ1n) is 4.43. The van der Waals surface area contributed by atoms with E-state index < -0.39 is 0 Å². The van der Waals surface area contributed by atoms with Gasteiger partial charge in [-0.25, -0.2) is 0 Å². The molecule has 1 atom stereocenters. The van der Waals surface area contributed by atoms with Crippen molar-refractivity contribution >= 4 is 0 Å². The SMILES string of the molecule is [CH2-]CCC[C@@H](O)C/C=C\CC. The van der Waals surface area contributed by atoms with E-state index in [0.717, 1.165) is 32.1 Å². The van der Waals surface area contributed by atoms with Crippen molar-refractivity contribution in [2.24, 2.45) is 0 Å². The zero-order valence-corrected chi connectivity index (χ0v) is 7.42. The van der Waals surface area contributed by atoms with E-state index in [4.69, 9.17) is 0 Å². The van der Waals surface area contributed by atoms with Crippen molar-refractivity contribution in [2.45, 2.75) is 45.1 Å². The van der Waals surface area contributed by atoms with E-state index in [2.05, 4.69) is 19.9 Å². The van der Waals surface area contributed by atoms with Gasteiger partial charge in [-0.05, 0) is 19.3 Å². The Kier molecular flexibility index (Phi) is 7.59. The summed E-state index contributed by atoms with van der Waals surface area (Å²) in [5.41, 5.74) is 0. The Labute approximate surface area is 70.1 Å². The maximum atomic E-state index is 9.33. The second-order valence-corrected chi connectivity index (χ2v) is 2.76. The minimum atomic E-state index is -0.153. The van der Waals surface area contributed by atoms with Crippen LogP contribution in [0.4, 0.5) is 0 Å². The van der Waals surface area contributed by atoms with Crippen LogP contribution in [0.2, 0.25) is 0 Å². The molecule has 1 heteroatoms. The summed E-state index contributed by atoms with van der Waals surface area (Å²) in [6, 6.07) is 0. The van der Waals surface area contributed by atoms with Gasteiger partial charge in [-0.15, -0.1) is 0 Å². The van der Waals surface area contributed by atoms with Crippen LogP contribution in [-0.4, -0.2) is 11.2 Å². The van der Waals surface area contributed by atoms with Gasteiger partial charge >= 0.3 is 0 Å². The standard InChI is InChI=1S/C10H19O/c1-3-5-7-9-10(11)8-6-4-2/h5,7,10-11H,2-4,6,8-9H2,1H3/q-1/b7-5-/t10-/m1/s1. The summed E-state index contributed by atoms with van der Waals surface area (Å²) in [7, 11) is 0. The third-order valence-electron chi connectivity index (χ3n) is 1.60. The van der Waals surface area contributed by atoms with Gasteiger partial charge < -0.3 is 12.0 Å². The van der Waals surface area contributed by atoms with Gasteiger partial charge in [0.2, 0.25) is 0 Å². The fourth-order valence-corrected chi connectivity index (χ4v) is 0.918. The van der Waals surface area contributed by atoms with Crippen molar-refractivity contribution in [3.63, 3.8) is 0 Å². The lowest BCUT2D eigenvalue weighted by Crippen LogP contribution is -2.03. The van der Waals surface area contributed by atoms with Gasteiger partial charge in [-0.2, -0.15) is 6.42 Å². The summed E-state index contributed by atoms with van der Waals surface area (Å²) in [6.07, 6.45) is 8.68. The van der Waals surface area contributed by atoms with Crippen LogP contribution >= 0.6 is 0 Å². The predicted molar refractivity (Wildman–Crippen MR) is 49.3 cm³/mol. The van der Waals surface area contributed by atoms with Crippen molar-refractivity contribution in [3.8, 4) is 0 Å². The number of rotatable bonds is 6. The van der Waals surface area contributed by atoms with E-state index in [1.54, 1.807) is 0 Å². The van der Waals surface area contributed by atoms with E-state index in [1.165, 1.54) is 0 Å². The summed E-state index contributed by atoms with van der Waals surface area (Å²) < 4.78 is 0. The highest BCUT2D eigenvalue weighted by Crippen LogP contribution is 2.04. The molecule has 0 bridgehead atoms. The van der Waals surface area contributed by atoms with Gasteiger partial charge in [-0.1, -0.05) is 25.5 Å². The normalized spacial score (nSPS) is 14.1. The van der Waals surface area contributed by atoms with E-state index in [1.807, 2.05) is 6.08 Å². The average Bonchev–Trinajstić information content (AvgIpc) is 2.01. The van der Waals surface area contributed by atoms with E-state index in [9.17, 15) is 5.11 Å². The molecule has 0 rings (SSSR count). The summed E-state index contributed by atoms with van der Waals surface area (Å²) in [5, 5.41) is 9.33. The number of aliphatic hydroxyl groups is 1. The number of aliphatic hydroxyl groups excluding tert-OH is 1. The Hall–Kier alpha value is -0.300. The predicted octanol–water partition coefficient (Wildman–Crippen LogP) is 2.71. The highest BCUT2D eigenvalue weighted by molar-refractivity contribution is 4.82. The Morgan fingerprint density at radius 1 is 1.45 bits per heavy atom. The third kappa shape index (κ3) is 7.60. The summed E-state index contributed by atoms with van der Waals surface area (Å²) >= 11 is 0. The number of unbranched alkanes of at least 4 members (excludes halogenated alkanes) is 1. The maximum Gasteiger partial charge on any atom is 0.0573 e. The van der Waals surface area contributed by atoms with Crippen molar-refractivity contribution in [1.29, 1.82) is 0 Å². The lowest BCUT2D eigenvalue weighted by atomic mass is 10.1. The molecule has 0 aromatic heterocycles. The van der Waals surface area contributed by atoms with Gasteiger partial charge in [0.25, 0.3) is 0 Å². The van der Waals surface area contributed by atoms with Gasteiger partial charge in [-0.3, -0.25) is 0 Å². The summed E-state index contributed by atoms with van der Waals surface area (Å²) in [5.74, 6) is 0. The minimum absolute atomic E-state index is 0.153. The Morgan fingerprint density at radius 3 is 2.73 bits per heavy atom. The topological polar surface area (TPSA) is 20.2 Å². The number of hydrogen-bond acceptors (Lipinski definition) is 1. The molecule has 0 aliphatic heterocycles. The van der Waals surface area contributed by atoms with Gasteiger partial charge in [0.05, 0.1) is 6.10 Å². The fraction of sp³-hybridized carbons (Fsp3) is 0.700. The lowest BCUT2D eigenvalue weighted by molar-refractivity contribution is 0.165. The molecule has 0 radical (unpaired) electrons. The van der Waals surface area contributed by atoms with Crippen LogP contribution in [0.5, 0.6) is 0 Å². The molecule has 66 valence electrons. The molecule has 11 heavy (non-hydrogen) atoms. The molecule has 0 unspecified atom stereocenters. The third-order valence-corrected chi connectivity index (χ3v) is 1.60. The molecule has 0 fully saturated rings. The van der Waals surface area contributed by atoms with Crippen molar-refractivity contribution in [1.82, 2.24) is 0 Å². The molecule has 0 amide bonds.